The predicted octanol–water partition coefficient (Wildman–Crippen LogP) is 5.17. The molecule has 0 bridgehead atoms. The molecule has 3 rings (SSSR count). The van der Waals surface area contributed by atoms with Crippen LogP contribution in [0.3, 0.4) is 0 Å². The highest BCUT2D eigenvalue weighted by Gasteiger charge is 2.12. The summed E-state index contributed by atoms with van der Waals surface area (Å²) in [6, 6.07) is 11.6. The lowest BCUT2D eigenvalue weighted by Crippen LogP contribution is -2.08. The Balaban J connectivity index is 1.94. The summed E-state index contributed by atoms with van der Waals surface area (Å²) in [4.78, 5) is 16.0. The maximum atomic E-state index is 11.4. The van der Waals surface area contributed by atoms with Crippen molar-refractivity contribution >= 4 is 38.6 Å². The van der Waals surface area contributed by atoms with E-state index in [4.69, 9.17) is 4.42 Å². The summed E-state index contributed by atoms with van der Waals surface area (Å²) in [5.74, 6) is 0.568. The number of hydrogen-bond acceptors (Lipinski definition) is 3. The maximum absolute atomic E-state index is 11.4. The highest BCUT2D eigenvalue weighted by atomic mass is 79.9. The van der Waals surface area contributed by atoms with Crippen molar-refractivity contribution < 1.29 is 9.21 Å². The van der Waals surface area contributed by atoms with Crippen LogP contribution in [0.5, 0.6) is 0 Å². The number of amides is 1. The van der Waals surface area contributed by atoms with Crippen LogP contribution in [-0.4, -0.2) is 10.9 Å². The number of nitrogens with one attached hydrogen (secondary N) is 1. The predicted molar refractivity (Wildman–Crippen MR) is 95.4 cm³/mol. The number of aryl methyl sites for hydroxylation is 1. The van der Waals surface area contributed by atoms with E-state index in [9.17, 15) is 4.79 Å². The molecule has 0 aliphatic carbocycles. The number of fused-ring (bicyclic) bond motifs is 1. The van der Waals surface area contributed by atoms with Gasteiger partial charge in [-0.1, -0.05) is 13.8 Å². The zero-order valence-corrected chi connectivity index (χ0v) is 14.6. The Morgan fingerprint density at radius 2 is 1.96 bits per heavy atom. The zero-order chi connectivity index (χ0) is 16.4. The van der Waals surface area contributed by atoms with Gasteiger partial charge in [-0.05, 0) is 64.3 Å². The number of oxazole rings is 1. The number of halogens is 1. The lowest BCUT2D eigenvalue weighted by atomic mass is 10.1. The number of anilines is 1. The molecule has 2 aromatic carbocycles. The van der Waals surface area contributed by atoms with Gasteiger partial charge in [0.25, 0.3) is 0 Å². The van der Waals surface area contributed by atoms with Crippen molar-refractivity contribution in [1.82, 2.24) is 4.98 Å². The summed E-state index contributed by atoms with van der Waals surface area (Å²) in [5, 5.41) is 2.82. The van der Waals surface area contributed by atoms with Gasteiger partial charge in [0, 0.05) is 17.7 Å². The first-order chi connectivity index (χ1) is 11.1. The first-order valence-electron chi connectivity index (χ1n) is 7.60. The molecule has 0 saturated heterocycles. The van der Waals surface area contributed by atoms with Gasteiger partial charge in [0.15, 0.2) is 5.58 Å². The normalized spacial score (nSPS) is 10.9. The van der Waals surface area contributed by atoms with E-state index in [1.165, 1.54) is 5.56 Å². The molecule has 118 valence electrons. The Labute approximate surface area is 143 Å². The van der Waals surface area contributed by atoms with Gasteiger partial charge in [-0.3, -0.25) is 4.79 Å². The molecule has 1 heterocycles. The van der Waals surface area contributed by atoms with Gasteiger partial charge in [-0.15, -0.1) is 0 Å². The van der Waals surface area contributed by atoms with Crippen LogP contribution in [0.4, 0.5) is 5.69 Å². The Morgan fingerprint density at radius 3 is 2.61 bits per heavy atom. The number of hydrogen-bond donors (Lipinski definition) is 1. The number of carbonyl (C=O) groups is 1. The summed E-state index contributed by atoms with van der Waals surface area (Å²) in [5.41, 5.74) is 4.45. The summed E-state index contributed by atoms with van der Waals surface area (Å²) in [6.45, 7) is 3.93. The van der Waals surface area contributed by atoms with Crippen molar-refractivity contribution in [2.45, 2.75) is 26.7 Å². The van der Waals surface area contributed by atoms with E-state index in [0.29, 0.717) is 12.3 Å². The molecule has 0 fully saturated rings. The fourth-order valence-corrected chi connectivity index (χ4v) is 2.90. The van der Waals surface area contributed by atoms with Gasteiger partial charge < -0.3 is 9.73 Å². The largest absolute Gasteiger partial charge is 0.435 e. The third-order valence-corrected chi connectivity index (χ3v) is 4.24. The SMILES string of the molecule is CCC(=O)Nc1ccc(-c2nc3cc(CC)cc(Br)c3o2)cc1. The third-order valence-electron chi connectivity index (χ3n) is 3.65. The van der Waals surface area contributed by atoms with E-state index in [1.807, 2.05) is 37.3 Å². The van der Waals surface area contributed by atoms with Crippen molar-refractivity contribution in [3.05, 3.63) is 46.4 Å². The molecular weight excluding hydrogens is 356 g/mol. The minimum absolute atomic E-state index is 0.00404. The summed E-state index contributed by atoms with van der Waals surface area (Å²) in [7, 11) is 0. The molecule has 0 aliphatic rings. The first-order valence-corrected chi connectivity index (χ1v) is 8.39. The van der Waals surface area contributed by atoms with Gasteiger partial charge in [0.05, 0.1) is 4.47 Å². The van der Waals surface area contributed by atoms with E-state index >= 15 is 0 Å². The quantitative estimate of drug-likeness (QED) is 0.687. The fraction of sp³-hybridized carbons (Fsp3) is 0.222. The molecule has 4 nitrogen and oxygen atoms in total. The van der Waals surface area contributed by atoms with Crippen molar-refractivity contribution in [3.63, 3.8) is 0 Å². The van der Waals surface area contributed by atoms with Crippen LogP contribution < -0.4 is 5.32 Å². The second-order valence-electron chi connectivity index (χ2n) is 5.28. The van der Waals surface area contributed by atoms with Crippen LogP contribution in [0.25, 0.3) is 22.6 Å². The lowest BCUT2D eigenvalue weighted by Gasteiger charge is -2.03. The van der Waals surface area contributed by atoms with Crippen molar-refractivity contribution in [3.8, 4) is 11.5 Å². The van der Waals surface area contributed by atoms with Gasteiger partial charge in [-0.2, -0.15) is 0 Å². The molecule has 0 radical (unpaired) electrons. The molecule has 1 N–H and O–H groups in total. The molecule has 0 spiro atoms. The smallest absolute Gasteiger partial charge is 0.227 e. The van der Waals surface area contributed by atoms with E-state index in [2.05, 4.69) is 39.2 Å². The van der Waals surface area contributed by atoms with Crippen LogP contribution in [0.2, 0.25) is 0 Å². The van der Waals surface area contributed by atoms with Gasteiger partial charge >= 0.3 is 0 Å². The molecule has 1 aromatic heterocycles. The number of carbonyl (C=O) groups excluding carboxylic acids is 1. The van der Waals surface area contributed by atoms with Gasteiger partial charge in [0.2, 0.25) is 11.8 Å². The van der Waals surface area contributed by atoms with Crippen molar-refractivity contribution in [2.24, 2.45) is 0 Å². The van der Waals surface area contributed by atoms with Crippen LogP contribution in [0.1, 0.15) is 25.8 Å². The number of rotatable bonds is 4. The summed E-state index contributed by atoms with van der Waals surface area (Å²) in [6.07, 6.45) is 1.41. The zero-order valence-electron chi connectivity index (χ0n) is 13.0. The average Bonchev–Trinajstić information content (AvgIpc) is 3.00. The molecule has 3 aromatic rings. The Morgan fingerprint density at radius 1 is 1.22 bits per heavy atom. The number of benzene rings is 2. The lowest BCUT2D eigenvalue weighted by molar-refractivity contribution is -0.115. The Kier molecular flexibility index (Phi) is 4.48. The third kappa shape index (κ3) is 3.29. The second-order valence-corrected chi connectivity index (χ2v) is 6.13. The van der Waals surface area contributed by atoms with Gasteiger partial charge in [-0.25, -0.2) is 4.98 Å². The second kappa shape index (κ2) is 6.54. The van der Waals surface area contributed by atoms with E-state index in [-0.39, 0.29) is 5.91 Å². The van der Waals surface area contributed by atoms with Crippen LogP contribution in [0.15, 0.2) is 45.3 Å². The average molecular weight is 373 g/mol. The highest BCUT2D eigenvalue weighted by molar-refractivity contribution is 9.10. The topological polar surface area (TPSA) is 55.1 Å². The minimum Gasteiger partial charge on any atom is -0.435 e. The molecule has 0 atom stereocenters. The van der Waals surface area contributed by atoms with E-state index in [1.54, 1.807) is 0 Å². The van der Waals surface area contributed by atoms with Crippen molar-refractivity contribution in [2.75, 3.05) is 5.32 Å². The van der Waals surface area contributed by atoms with Crippen LogP contribution >= 0.6 is 15.9 Å². The van der Waals surface area contributed by atoms with E-state index < -0.39 is 0 Å². The fourth-order valence-electron chi connectivity index (χ4n) is 2.32. The Bertz CT molecular complexity index is 853. The minimum atomic E-state index is -0.00404. The van der Waals surface area contributed by atoms with Crippen molar-refractivity contribution in [1.29, 1.82) is 0 Å². The molecular formula is C18H17BrN2O2. The Hall–Kier alpha value is -2.14. The van der Waals surface area contributed by atoms with E-state index in [0.717, 1.165) is 33.2 Å². The molecule has 5 heteroatoms. The highest BCUT2D eigenvalue weighted by Crippen LogP contribution is 2.31. The summed E-state index contributed by atoms with van der Waals surface area (Å²) < 4.78 is 6.80. The summed E-state index contributed by atoms with van der Waals surface area (Å²) >= 11 is 3.54. The number of aromatic nitrogens is 1. The van der Waals surface area contributed by atoms with Crippen LogP contribution in [0, 0.1) is 0 Å². The molecule has 23 heavy (non-hydrogen) atoms. The first kappa shape index (κ1) is 15.7. The molecule has 0 saturated carbocycles. The molecule has 1 amide bonds. The van der Waals surface area contributed by atoms with Gasteiger partial charge in [0.1, 0.15) is 5.52 Å². The monoisotopic (exact) mass is 372 g/mol. The molecule has 0 unspecified atom stereocenters. The number of nitrogens with zero attached hydrogens (tertiary/aromatic N) is 1. The van der Waals surface area contributed by atoms with Crippen LogP contribution in [-0.2, 0) is 11.2 Å². The maximum Gasteiger partial charge on any atom is 0.227 e. The standard InChI is InChI=1S/C18H17BrN2O2/c1-3-11-9-14(19)17-15(10-11)21-18(23-17)12-5-7-13(8-6-12)20-16(22)4-2/h5-10H,3-4H2,1-2H3,(H,20,22). The molecule has 0 aliphatic heterocycles.